The van der Waals surface area contributed by atoms with Gasteiger partial charge < -0.3 is 19.9 Å². The summed E-state index contributed by atoms with van der Waals surface area (Å²) in [6.07, 6.45) is 5.63. The van der Waals surface area contributed by atoms with Crippen LogP contribution in [0.2, 0.25) is 0 Å². The van der Waals surface area contributed by atoms with E-state index < -0.39 is 0 Å². The third-order valence-electron chi connectivity index (χ3n) is 7.39. The van der Waals surface area contributed by atoms with Crippen LogP contribution >= 0.6 is 0 Å². The molecular formula is C34H34FN7O2. The maximum Gasteiger partial charge on any atom is 0.224 e. The lowest BCUT2D eigenvalue weighted by Crippen LogP contribution is -2.19. The topological polar surface area (TPSA) is 112 Å². The summed E-state index contributed by atoms with van der Waals surface area (Å²) in [5, 5.41) is 11.5. The van der Waals surface area contributed by atoms with Gasteiger partial charge in [-0.15, -0.1) is 0 Å². The summed E-state index contributed by atoms with van der Waals surface area (Å²) in [7, 11) is 3.93. The minimum atomic E-state index is -0.357. The number of carbonyl (C=O) groups is 1. The standard InChI is InChI=1S/C34H34FN7O2/c1-4-5-9-32(43)37-24-15-22(19-36-20-24)28-10-11-30-33(39-28)34(41-40-30)31-18-27-26(7-6-8-29(27)38-31)21-14-23(35)17-25(16-21)44-13-12-42(2)3/h6-8,10-11,14-20,38H,4-5,9,12-13H2,1-3H3,(H,37,43)(H,40,41). The Balaban J connectivity index is 1.33. The SMILES string of the molecule is CCCCC(=O)Nc1cncc(-c2ccc3[nH]nc(-c4cc5c(-c6cc(F)cc(OCCN(C)C)c6)cccc5[nH]4)c3n2)c1. The van der Waals surface area contributed by atoms with Gasteiger partial charge in [-0.2, -0.15) is 5.10 Å². The molecule has 4 aromatic heterocycles. The van der Waals surface area contributed by atoms with Crippen LogP contribution in [0.4, 0.5) is 10.1 Å². The van der Waals surface area contributed by atoms with Gasteiger partial charge in [0.2, 0.25) is 5.91 Å². The van der Waals surface area contributed by atoms with Crippen LogP contribution in [-0.4, -0.2) is 63.2 Å². The van der Waals surface area contributed by atoms with Crippen molar-refractivity contribution in [3.63, 3.8) is 0 Å². The minimum Gasteiger partial charge on any atom is -0.492 e. The van der Waals surface area contributed by atoms with Crippen LogP contribution in [0.15, 0.2) is 73.1 Å². The van der Waals surface area contributed by atoms with Crippen LogP contribution < -0.4 is 10.1 Å². The Morgan fingerprint density at radius 3 is 2.75 bits per heavy atom. The second-order valence-electron chi connectivity index (χ2n) is 11.1. The van der Waals surface area contributed by atoms with Crippen molar-refractivity contribution in [1.82, 2.24) is 30.0 Å². The fourth-order valence-corrected chi connectivity index (χ4v) is 5.14. The van der Waals surface area contributed by atoms with Gasteiger partial charge in [0.05, 0.1) is 28.8 Å². The van der Waals surface area contributed by atoms with Crippen molar-refractivity contribution >= 4 is 33.5 Å². The van der Waals surface area contributed by atoms with Gasteiger partial charge in [-0.3, -0.25) is 14.9 Å². The van der Waals surface area contributed by atoms with Gasteiger partial charge in [-0.1, -0.05) is 25.5 Å². The largest absolute Gasteiger partial charge is 0.492 e. The van der Waals surface area contributed by atoms with Gasteiger partial charge in [0.25, 0.3) is 0 Å². The summed E-state index contributed by atoms with van der Waals surface area (Å²) in [6, 6.07) is 18.4. The molecule has 9 nitrogen and oxygen atoms in total. The molecular weight excluding hydrogens is 557 g/mol. The second-order valence-corrected chi connectivity index (χ2v) is 11.1. The van der Waals surface area contributed by atoms with E-state index in [4.69, 9.17) is 9.72 Å². The molecule has 44 heavy (non-hydrogen) atoms. The lowest BCUT2D eigenvalue weighted by atomic mass is 10.0. The Kier molecular flexibility index (Phi) is 8.33. The zero-order valence-corrected chi connectivity index (χ0v) is 24.9. The third kappa shape index (κ3) is 6.30. The molecule has 2 aromatic carbocycles. The van der Waals surface area contributed by atoms with E-state index in [2.05, 4.69) is 32.4 Å². The van der Waals surface area contributed by atoms with Gasteiger partial charge >= 0.3 is 0 Å². The average molecular weight is 592 g/mol. The number of benzene rings is 2. The van der Waals surface area contributed by atoms with Gasteiger partial charge in [0.15, 0.2) is 0 Å². The van der Waals surface area contributed by atoms with E-state index in [1.807, 2.05) is 67.5 Å². The summed E-state index contributed by atoms with van der Waals surface area (Å²) in [6.45, 7) is 3.25. The summed E-state index contributed by atoms with van der Waals surface area (Å²) >= 11 is 0. The van der Waals surface area contributed by atoms with Crippen molar-refractivity contribution in [3.05, 3.63) is 78.9 Å². The number of H-pyrrole nitrogens is 2. The Morgan fingerprint density at radius 2 is 1.91 bits per heavy atom. The molecule has 0 spiro atoms. The fraction of sp³-hybridized carbons (Fsp3) is 0.235. The summed E-state index contributed by atoms with van der Waals surface area (Å²) in [4.78, 5) is 27.0. The lowest BCUT2D eigenvalue weighted by molar-refractivity contribution is -0.116. The third-order valence-corrected chi connectivity index (χ3v) is 7.39. The molecule has 0 radical (unpaired) electrons. The van der Waals surface area contributed by atoms with E-state index in [-0.39, 0.29) is 11.7 Å². The normalized spacial score (nSPS) is 11.5. The first-order valence-corrected chi connectivity index (χ1v) is 14.7. The maximum atomic E-state index is 14.7. The van der Waals surface area contributed by atoms with Crippen molar-refractivity contribution in [3.8, 4) is 39.5 Å². The number of amides is 1. The highest BCUT2D eigenvalue weighted by atomic mass is 19.1. The minimum absolute atomic E-state index is 0.0316. The van der Waals surface area contributed by atoms with Crippen molar-refractivity contribution in [2.75, 3.05) is 32.6 Å². The molecule has 0 bridgehead atoms. The van der Waals surface area contributed by atoms with E-state index in [9.17, 15) is 9.18 Å². The van der Waals surface area contributed by atoms with Gasteiger partial charge in [-0.05, 0) is 74.1 Å². The number of fused-ring (bicyclic) bond motifs is 2. The van der Waals surface area contributed by atoms with Crippen molar-refractivity contribution < 1.29 is 13.9 Å². The number of carbonyl (C=O) groups excluding carboxylic acids is 1. The first-order valence-electron chi connectivity index (χ1n) is 14.7. The number of halogens is 1. The van der Waals surface area contributed by atoms with Crippen LogP contribution in [0, 0.1) is 5.82 Å². The Bertz CT molecular complexity index is 1950. The predicted molar refractivity (Wildman–Crippen MR) is 172 cm³/mol. The molecule has 4 heterocycles. The monoisotopic (exact) mass is 591 g/mol. The number of unbranched alkanes of at least 4 members (excludes halogenated alkanes) is 1. The highest BCUT2D eigenvalue weighted by Gasteiger charge is 2.16. The zero-order chi connectivity index (χ0) is 30.6. The van der Waals surface area contributed by atoms with Crippen molar-refractivity contribution in [1.29, 1.82) is 0 Å². The van der Waals surface area contributed by atoms with Gasteiger partial charge in [-0.25, -0.2) is 9.37 Å². The quantitative estimate of drug-likeness (QED) is 0.149. The summed E-state index contributed by atoms with van der Waals surface area (Å²) in [5.74, 6) is 0.101. The highest BCUT2D eigenvalue weighted by Crippen LogP contribution is 2.36. The molecule has 224 valence electrons. The number of aromatic nitrogens is 5. The van der Waals surface area contributed by atoms with Crippen LogP contribution in [-0.2, 0) is 4.79 Å². The summed E-state index contributed by atoms with van der Waals surface area (Å²) < 4.78 is 20.5. The number of nitrogens with one attached hydrogen (secondary N) is 3. The number of hydrogen-bond acceptors (Lipinski definition) is 6. The number of likely N-dealkylation sites (N-methyl/N-ethyl adjacent to an activating group) is 1. The summed E-state index contributed by atoms with van der Waals surface area (Å²) in [5.41, 5.74) is 7.51. The molecule has 10 heteroatoms. The first-order chi connectivity index (χ1) is 21.4. The predicted octanol–water partition coefficient (Wildman–Crippen LogP) is 7.04. The molecule has 0 aliphatic heterocycles. The lowest BCUT2D eigenvalue weighted by Gasteiger charge is -2.12. The molecule has 0 unspecified atom stereocenters. The number of hydrogen-bond donors (Lipinski definition) is 3. The van der Waals surface area contributed by atoms with E-state index in [0.29, 0.717) is 41.4 Å². The number of aromatic amines is 2. The van der Waals surface area contributed by atoms with Gasteiger partial charge in [0.1, 0.15) is 29.4 Å². The smallest absolute Gasteiger partial charge is 0.224 e. The molecule has 3 N–H and O–H groups in total. The van der Waals surface area contributed by atoms with Crippen LogP contribution in [0.1, 0.15) is 26.2 Å². The maximum absolute atomic E-state index is 14.7. The molecule has 1 amide bonds. The van der Waals surface area contributed by atoms with E-state index in [1.165, 1.54) is 12.1 Å². The molecule has 0 fully saturated rings. The number of ether oxygens (including phenoxy) is 1. The van der Waals surface area contributed by atoms with Gasteiger partial charge in [0, 0.05) is 41.7 Å². The van der Waals surface area contributed by atoms with Crippen molar-refractivity contribution in [2.45, 2.75) is 26.2 Å². The molecule has 0 aliphatic carbocycles. The molecule has 6 rings (SSSR count). The van der Waals surface area contributed by atoms with Crippen LogP contribution in [0.3, 0.4) is 0 Å². The number of nitrogens with zero attached hydrogens (tertiary/aromatic N) is 4. The number of anilines is 1. The van der Waals surface area contributed by atoms with E-state index in [1.54, 1.807) is 12.4 Å². The molecule has 0 saturated carbocycles. The Labute approximate surface area is 254 Å². The van der Waals surface area contributed by atoms with Crippen LogP contribution in [0.5, 0.6) is 5.75 Å². The fourth-order valence-electron chi connectivity index (χ4n) is 5.14. The number of rotatable bonds is 11. The molecule has 6 aromatic rings. The number of pyridine rings is 2. The first kappa shape index (κ1) is 29.0. The van der Waals surface area contributed by atoms with E-state index >= 15 is 0 Å². The van der Waals surface area contributed by atoms with Crippen molar-refractivity contribution in [2.24, 2.45) is 0 Å². The average Bonchev–Trinajstić information content (AvgIpc) is 3.63. The highest BCUT2D eigenvalue weighted by molar-refractivity contribution is 6.00. The van der Waals surface area contributed by atoms with Crippen LogP contribution in [0.25, 0.3) is 55.7 Å². The molecule has 0 saturated heterocycles. The Morgan fingerprint density at radius 1 is 1.02 bits per heavy atom. The van der Waals surface area contributed by atoms with E-state index in [0.717, 1.165) is 58.2 Å². The molecule has 0 atom stereocenters. The Hall–Kier alpha value is -5.09. The zero-order valence-electron chi connectivity index (χ0n) is 24.9. The second kappa shape index (κ2) is 12.6. The molecule has 0 aliphatic rings.